The Kier molecular flexibility index (Phi) is 8.64. The van der Waals surface area contributed by atoms with Crippen molar-refractivity contribution >= 4 is 0 Å². The van der Waals surface area contributed by atoms with Crippen molar-refractivity contribution < 1.29 is 19.3 Å². The molecule has 3 unspecified atom stereocenters. The number of ether oxygens (including phenoxy) is 3. The highest BCUT2D eigenvalue weighted by molar-refractivity contribution is 4.93. The molecule has 0 aliphatic carbocycles. The van der Waals surface area contributed by atoms with Crippen LogP contribution in [0.2, 0.25) is 0 Å². The normalized spacial score (nSPS) is 27.9. The molecule has 1 fully saturated rings. The minimum Gasteiger partial charge on any atom is -0.389 e. The summed E-state index contributed by atoms with van der Waals surface area (Å²) in [5, 5.41) is 13.3. The van der Waals surface area contributed by atoms with Crippen LogP contribution in [0.25, 0.3) is 0 Å². The molecule has 0 radical (unpaired) electrons. The zero-order valence-corrected chi connectivity index (χ0v) is 13.2. The molecule has 1 rings (SSSR count). The summed E-state index contributed by atoms with van der Waals surface area (Å²) in [6.07, 6.45) is 2.91. The van der Waals surface area contributed by atoms with Gasteiger partial charge in [-0.05, 0) is 26.7 Å². The molecule has 3 atom stereocenters. The van der Waals surface area contributed by atoms with E-state index in [0.717, 1.165) is 32.5 Å². The van der Waals surface area contributed by atoms with E-state index in [2.05, 4.69) is 26.1 Å². The van der Waals surface area contributed by atoms with Gasteiger partial charge in [-0.3, -0.25) is 0 Å². The second kappa shape index (κ2) is 9.68. The van der Waals surface area contributed by atoms with Crippen molar-refractivity contribution in [1.82, 2.24) is 5.32 Å². The Balaban J connectivity index is 1.99. The predicted molar refractivity (Wildman–Crippen MR) is 79.0 cm³/mol. The van der Waals surface area contributed by atoms with Crippen molar-refractivity contribution in [2.45, 2.75) is 57.8 Å². The summed E-state index contributed by atoms with van der Waals surface area (Å²) in [5.74, 6) is 0. The molecular weight excluding hydrogens is 258 g/mol. The van der Waals surface area contributed by atoms with Crippen LogP contribution >= 0.6 is 0 Å². The highest BCUT2D eigenvalue weighted by atomic mass is 16.5. The molecule has 20 heavy (non-hydrogen) atoms. The molecule has 0 amide bonds. The van der Waals surface area contributed by atoms with Crippen LogP contribution < -0.4 is 5.32 Å². The molecule has 1 aliphatic heterocycles. The lowest BCUT2D eigenvalue weighted by molar-refractivity contribution is -0.0000705. The first kappa shape index (κ1) is 17.9. The third-order valence-corrected chi connectivity index (χ3v) is 3.95. The lowest BCUT2D eigenvalue weighted by atomic mass is 9.94. The fourth-order valence-corrected chi connectivity index (χ4v) is 2.16. The number of unbranched alkanes of at least 4 members (excludes halogenated alkanes) is 1. The summed E-state index contributed by atoms with van der Waals surface area (Å²) in [5.41, 5.74) is -0.0375. The van der Waals surface area contributed by atoms with Crippen molar-refractivity contribution in [1.29, 1.82) is 0 Å². The highest BCUT2D eigenvalue weighted by Crippen LogP contribution is 2.24. The average molecular weight is 289 g/mol. The van der Waals surface area contributed by atoms with E-state index in [9.17, 15) is 5.11 Å². The van der Waals surface area contributed by atoms with Gasteiger partial charge >= 0.3 is 0 Å². The van der Waals surface area contributed by atoms with Crippen molar-refractivity contribution in [3.63, 3.8) is 0 Å². The molecule has 0 spiro atoms. The van der Waals surface area contributed by atoms with Gasteiger partial charge in [-0.25, -0.2) is 0 Å². The summed E-state index contributed by atoms with van der Waals surface area (Å²) in [6, 6.07) is 0. The quantitative estimate of drug-likeness (QED) is 0.562. The van der Waals surface area contributed by atoms with E-state index >= 15 is 0 Å². The first-order chi connectivity index (χ1) is 9.58. The van der Waals surface area contributed by atoms with Crippen LogP contribution in [0.3, 0.4) is 0 Å². The van der Waals surface area contributed by atoms with Crippen molar-refractivity contribution in [2.24, 2.45) is 0 Å². The summed E-state index contributed by atoms with van der Waals surface area (Å²) in [4.78, 5) is 0. The Morgan fingerprint density at radius 2 is 2.10 bits per heavy atom. The zero-order chi connectivity index (χ0) is 14.8. The van der Waals surface area contributed by atoms with E-state index in [0.29, 0.717) is 26.4 Å². The molecule has 5 heteroatoms. The SMILES string of the molecule is CCCCOCCOCC(O)CNC1(C)CCOC1C. The minimum absolute atomic E-state index is 0.0375. The van der Waals surface area contributed by atoms with E-state index in [1.165, 1.54) is 0 Å². The van der Waals surface area contributed by atoms with Gasteiger partial charge in [0.1, 0.15) is 0 Å². The fourth-order valence-electron chi connectivity index (χ4n) is 2.16. The van der Waals surface area contributed by atoms with Crippen LogP contribution in [0.4, 0.5) is 0 Å². The lowest BCUT2D eigenvalue weighted by Gasteiger charge is -2.30. The van der Waals surface area contributed by atoms with Gasteiger partial charge in [0, 0.05) is 25.3 Å². The van der Waals surface area contributed by atoms with Gasteiger partial charge in [-0.2, -0.15) is 0 Å². The molecule has 120 valence electrons. The molecule has 1 aliphatic rings. The minimum atomic E-state index is -0.490. The molecule has 0 saturated carbocycles. The topological polar surface area (TPSA) is 60.0 Å². The van der Waals surface area contributed by atoms with Gasteiger partial charge in [0.15, 0.2) is 0 Å². The molecule has 0 bridgehead atoms. The van der Waals surface area contributed by atoms with E-state index in [1.807, 2.05) is 0 Å². The molecule has 0 aromatic heterocycles. The lowest BCUT2D eigenvalue weighted by Crippen LogP contribution is -2.50. The summed E-state index contributed by atoms with van der Waals surface area (Å²) in [7, 11) is 0. The number of aliphatic hydroxyl groups excluding tert-OH is 1. The molecular formula is C15H31NO4. The van der Waals surface area contributed by atoms with Crippen molar-refractivity contribution in [2.75, 3.05) is 39.6 Å². The average Bonchev–Trinajstić information content (AvgIpc) is 2.76. The third kappa shape index (κ3) is 6.50. The van der Waals surface area contributed by atoms with Crippen LogP contribution in [0.1, 0.15) is 40.0 Å². The number of aliphatic hydroxyl groups is 1. The zero-order valence-electron chi connectivity index (χ0n) is 13.2. The van der Waals surface area contributed by atoms with E-state index in [1.54, 1.807) is 0 Å². The van der Waals surface area contributed by atoms with Gasteiger partial charge in [0.25, 0.3) is 0 Å². The monoisotopic (exact) mass is 289 g/mol. The second-order valence-corrected chi connectivity index (χ2v) is 5.76. The van der Waals surface area contributed by atoms with Crippen LogP contribution in [-0.4, -0.2) is 62.4 Å². The number of hydrogen-bond donors (Lipinski definition) is 2. The maximum Gasteiger partial charge on any atom is 0.0897 e. The van der Waals surface area contributed by atoms with E-state index < -0.39 is 6.10 Å². The third-order valence-electron chi connectivity index (χ3n) is 3.95. The van der Waals surface area contributed by atoms with Gasteiger partial charge in [0.2, 0.25) is 0 Å². The van der Waals surface area contributed by atoms with Crippen LogP contribution in [-0.2, 0) is 14.2 Å². The Morgan fingerprint density at radius 3 is 2.75 bits per heavy atom. The summed E-state index contributed by atoms with van der Waals surface area (Å²) < 4.78 is 16.3. The van der Waals surface area contributed by atoms with E-state index in [-0.39, 0.29) is 11.6 Å². The van der Waals surface area contributed by atoms with Crippen molar-refractivity contribution in [3.05, 3.63) is 0 Å². The maximum atomic E-state index is 9.88. The molecule has 0 aromatic rings. The smallest absolute Gasteiger partial charge is 0.0897 e. The van der Waals surface area contributed by atoms with Crippen LogP contribution in [0.5, 0.6) is 0 Å². The fraction of sp³-hybridized carbons (Fsp3) is 1.00. The van der Waals surface area contributed by atoms with Crippen LogP contribution in [0.15, 0.2) is 0 Å². The van der Waals surface area contributed by atoms with Gasteiger partial charge in [0.05, 0.1) is 32.0 Å². The number of hydrogen-bond acceptors (Lipinski definition) is 5. The van der Waals surface area contributed by atoms with E-state index in [4.69, 9.17) is 14.2 Å². The van der Waals surface area contributed by atoms with Gasteiger partial charge < -0.3 is 24.6 Å². The summed E-state index contributed by atoms with van der Waals surface area (Å²) in [6.45, 7) is 9.93. The maximum absolute atomic E-state index is 9.88. The number of nitrogens with one attached hydrogen (secondary N) is 1. The largest absolute Gasteiger partial charge is 0.389 e. The Labute approximate surface area is 123 Å². The molecule has 1 saturated heterocycles. The second-order valence-electron chi connectivity index (χ2n) is 5.76. The molecule has 2 N–H and O–H groups in total. The molecule has 0 aromatic carbocycles. The predicted octanol–water partition coefficient (Wildman–Crippen LogP) is 1.34. The van der Waals surface area contributed by atoms with Gasteiger partial charge in [-0.1, -0.05) is 13.3 Å². The highest BCUT2D eigenvalue weighted by Gasteiger charge is 2.36. The van der Waals surface area contributed by atoms with Crippen LogP contribution in [0, 0.1) is 0 Å². The number of β-amino-alcohol motifs (C(OH)–C–C–N with tert-alkyl or cyclic N) is 1. The number of rotatable bonds is 11. The Bertz CT molecular complexity index is 252. The standard InChI is InChI=1S/C15H31NO4/c1-4-5-7-18-9-10-19-12-14(17)11-16-15(3)6-8-20-13(15)2/h13-14,16-17H,4-12H2,1-3H3. The Hall–Kier alpha value is -0.200. The van der Waals surface area contributed by atoms with Gasteiger partial charge in [-0.15, -0.1) is 0 Å². The molecule has 1 heterocycles. The first-order valence-electron chi connectivity index (χ1n) is 7.78. The molecule has 5 nitrogen and oxygen atoms in total. The summed E-state index contributed by atoms with van der Waals surface area (Å²) >= 11 is 0. The van der Waals surface area contributed by atoms with Crippen molar-refractivity contribution in [3.8, 4) is 0 Å². The first-order valence-corrected chi connectivity index (χ1v) is 7.78. The Morgan fingerprint density at radius 1 is 1.35 bits per heavy atom.